The van der Waals surface area contributed by atoms with Gasteiger partial charge in [-0.3, -0.25) is 4.79 Å². The summed E-state index contributed by atoms with van der Waals surface area (Å²) in [6.07, 6.45) is 3.03. The number of methoxy groups -OCH3 is 1. The van der Waals surface area contributed by atoms with Crippen LogP contribution in [0, 0.1) is 5.92 Å². The number of hydrogen-bond donors (Lipinski definition) is 2. The Bertz CT molecular complexity index is 495. The van der Waals surface area contributed by atoms with Crippen LogP contribution >= 0.6 is 12.4 Å². The Morgan fingerprint density at radius 2 is 2.00 bits per heavy atom. The monoisotopic (exact) mass is 358 g/mol. The van der Waals surface area contributed by atoms with Crippen molar-refractivity contribution in [2.75, 3.05) is 20.3 Å². The zero-order valence-corrected chi connectivity index (χ0v) is 15.9. The standard InChI is InChI=1S/C18H30N2O3.ClH/c1-5-6-7-15(11-19)20-18(21)14-8-9-16(17(10-14)22-4)23-12-13(2)3;/h8-10,13,15H,5-7,11-12,19H2,1-4H3,(H,20,21);1H. The average Bonchev–Trinajstić information content (AvgIpc) is 2.56. The quantitative estimate of drug-likeness (QED) is 0.672. The van der Waals surface area contributed by atoms with Crippen LogP contribution in [0.4, 0.5) is 0 Å². The minimum Gasteiger partial charge on any atom is -0.493 e. The molecule has 24 heavy (non-hydrogen) atoms. The van der Waals surface area contributed by atoms with Crippen molar-refractivity contribution < 1.29 is 14.3 Å². The molecule has 1 aromatic rings. The SMILES string of the molecule is CCCCC(CN)NC(=O)c1ccc(OCC(C)C)c(OC)c1.Cl. The molecular weight excluding hydrogens is 328 g/mol. The third-order valence-corrected chi connectivity index (χ3v) is 3.52. The molecule has 1 atom stereocenters. The molecule has 1 rings (SSSR count). The lowest BCUT2D eigenvalue weighted by molar-refractivity contribution is 0.0935. The molecule has 3 N–H and O–H groups in total. The fourth-order valence-electron chi connectivity index (χ4n) is 2.15. The number of ether oxygens (including phenoxy) is 2. The second kappa shape index (κ2) is 12.0. The molecule has 0 bridgehead atoms. The largest absolute Gasteiger partial charge is 0.493 e. The van der Waals surface area contributed by atoms with E-state index < -0.39 is 0 Å². The van der Waals surface area contributed by atoms with E-state index in [9.17, 15) is 4.79 Å². The van der Waals surface area contributed by atoms with Gasteiger partial charge in [0.1, 0.15) is 0 Å². The Morgan fingerprint density at radius 1 is 1.29 bits per heavy atom. The molecule has 0 radical (unpaired) electrons. The summed E-state index contributed by atoms with van der Waals surface area (Å²) in [5, 5.41) is 2.98. The van der Waals surface area contributed by atoms with Crippen LogP contribution < -0.4 is 20.5 Å². The molecule has 0 spiro atoms. The Hall–Kier alpha value is -1.46. The van der Waals surface area contributed by atoms with E-state index in [4.69, 9.17) is 15.2 Å². The predicted octanol–water partition coefficient (Wildman–Crippen LogP) is 3.40. The van der Waals surface area contributed by atoms with Gasteiger partial charge in [0.05, 0.1) is 13.7 Å². The van der Waals surface area contributed by atoms with Crippen molar-refractivity contribution in [3.8, 4) is 11.5 Å². The Labute approximate surface area is 151 Å². The van der Waals surface area contributed by atoms with Crippen LogP contribution in [0.1, 0.15) is 50.4 Å². The molecule has 6 heteroatoms. The van der Waals surface area contributed by atoms with Gasteiger partial charge in [0.15, 0.2) is 11.5 Å². The third kappa shape index (κ3) is 7.41. The van der Waals surface area contributed by atoms with Crippen molar-refractivity contribution in [3.05, 3.63) is 23.8 Å². The molecule has 1 aromatic carbocycles. The first-order valence-corrected chi connectivity index (χ1v) is 8.33. The van der Waals surface area contributed by atoms with E-state index in [0.29, 0.717) is 36.1 Å². The van der Waals surface area contributed by atoms with Gasteiger partial charge in [0.2, 0.25) is 0 Å². The Balaban J connectivity index is 0.00000529. The zero-order chi connectivity index (χ0) is 17.2. The number of rotatable bonds is 10. The topological polar surface area (TPSA) is 73.6 Å². The maximum Gasteiger partial charge on any atom is 0.251 e. The minimum absolute atomic E-state index is 0. The normalized spacial score (nSPS) is 11.6. The van der Waals surface area contributed by atoms with Gasteiger partial charge >= 0.3 is 0 Å². The van der Waals surface area contributed by atoms with E-state index in [1.54, 1.807) is 25.3 Å². The second-order valence-electron chi connectivity index (χ2n) is 6.12. The van der Waals surface area contributed by atoms with Crippen LogP contribution in [0.2, 0.25) is 0 Å². The summed E-state index contributed by atoms with van der Waals surface area (Å²) >= 11 is 0. The van der Waals surface area contributed by atoms with Crippen molar-refractivity contribution in [1.29, 1.82) is 0 Å². The van der Waals surface area contributed by atoms with Crippen LogP contribution in [-0.2, 0) is 0 Å². The minimum atomic E-state index is -0.134. The van der Waals surface area contributed by atoms with Gasteiger partial charge in [0.25, 0.3) is 5.91 Å². The van der Waals surface area contributed by atoms with Gasteiger partial charge in [0, 0.05) is 18.2 Å². The van der Waals surface area contributed by atoms with Gasteiger partial charge in [-0.2, -0.15) is 0 Å². The number of benzene rings is 1. The molecular formula is C18H31ClN2O3. The van der Waals surface area contributed by atoms with Crippen LogP contribution in [0.15, 0.2) is 18.2 Å². The highest BCUT2D eigenvalue weighted by molar-refractivity contribution is 5.95. The van der Waals surface area contributed by atoms with E-state index in [2.05, 4.69) is 26.1 Å². The van der Waals surface area contributed by atoms with Gasteiger partial charge < -0.3 is 20.5 Å². The highest BCUT2D eigenvalue weighted by Gasteiger charge is 2.15. The third-order valence-electron chi connectivity index (χ3n) is 3.52. The summed E-state index contributed by atoms with van der Waals surface area (Å²) < 4.78 is 11.0. The zero-order valence-electron chi connectivity index (χ0n) is 15.1. The number of amides is 1. The summed E-state index contributed by atoms with van der Waals surface area (Å²) in [7, 11) is 1.57. The Morgan fingerprint density at radius 3 is 2.54 bits per heavy atom. The number of hydrogen-bond acceptors (Lipinski definition) is 4. The Kier molecular flexibility index (Phi) is 11.3. The number of nitrogens with one attached hydrogen (secondary N) is 1. The number of unbranched alkanes of at least 4 members (excludes halogenated alkanes) is 1. The predicted molar refractivity (Wildman–Crippen MR) is 100 cm³/mol. The lowest BCUT2D eigenvalue weighted by Gasteiger charge is -2.17. The summed E-state index contributed by atoms with van der Waals surface area (Å²) in [6.45, 7) is 7.33. The molecule has 5 nitrogen and oxygen atoms in total. The summed E-state index contributed by atoms with van der Waals surface area (Å²) in [6, 6.07) is 5.24. The van der Waals surface area contributed by atoms with E-state index in [1.807, 2.05) is 0 Å². The van der Waals surface area contributed by atoms with Crippen molar-refractivity contribution in [2.45, 2.75) is 46.1 Å². The van der Waals surface area contributed by atoms with Gasteiger partial charge in [-0.25, -0.2) is 0 Å². The first-order chi connectivity index (χ1) is 11.0. The average molecular weight is 359 g/mol. The maximum atomic E-state index is 12.4. The van der Waals surface area contributed by atoms with Crippen molar-refractivity contribution in [1.82, 2.24) is 5.32 Å². The molecule has 138 valence electrons. The van der Waals surface area contributed by atoms with Crippen molar-refractivity contribution in [3.63, 3.8) is 0 Å². The summed E-state index contributed by atoms with van der Waals surface area (Å²) in [5.74, 6) is 1.51. The summed E-state index contributed by atoms with van der Waals surface area (Å²) in [4.78, 5) is 12.4. The molecule has 0 aliphatic carbocycles. The molecule has 0 aromatic heterocycles. The molecule has 1 amide bonds. The summed E-state index contributed by atoms with van der Waals surface area (Å²) in [5.41, 5.74) is 6.28. The van der Waals surface area contributed by atoms with Gasteiger partial charge in [-0.05, 0) is 30.5 Å². The van der Waals surface area contributed by atoms with E-state index in [0.717, 1.165) is 19.3 Å². The number of nitrogens with two attached hydrogens (primary N) is 1. The fraction of sp³-hybridized carbons (Fsp3) is 0.611. The van der Waals surface area contributed by atoms with E-state index >= 15 is 0 Å². The molecule has 1 unspecified atom stereocenters. The van der Waals surface area contributed by atoms with E-state index in [1.165, 1.54) is 0 Å². The van der Waals surface area contributed by atoms with Gasteiger partial charge in [-0.15, -0.1) is 12.4 Å². The second-order valence-corrected chi connectivity index (χ2v) is 6.12. The number of halogens is 1. The smallest absolute Gasteiger partial charge is 0.251 e. The molecule has 0 saturated carbocycles. The van der Waals surface area contributed by atoms with Crippen molar-refractivity contribution in [2.24, 2.45) is 11.7 Å². The maximum absolute atomic E-state index is 12.4. The van der Waals surface area contributed by atoms with E-state index in [-0.39, 0.29) is 24.4 Å². The van der Waals surface area contributed by atoms with Crippen LogP contribution in [0.25, 0.3) is 0 Å². The lowest BCUT2D eigenvalue weighted by atomic mass is 10.1. The first kappa shape index (κ1) is 22.5. The first-order valence-electron chi connectivity index (χ1n) is 8.33. The molecule has 0 fully saturated rings. The van der Waals surface area contributed by atoms with Crippen molar-refractivity contribution >= 4 is 18.3 Å². The molecule has 0 heterocycles. The number of carbonyl (C=O) groups excluding carboxylic acids is 1. The highest BCUT2D eigenvalue weighted by Crippen LogP contribution is 2.28. The highest BCUT2D eigenvalue weighted by atomic mass is 35.5. The molecule has 0 aliphatic rings. The lowest BCUT2D eigenvalue weighted by Crippen LogP contribution is -2.40. The molecule has 0 saturated heterocycles. The number of carbonyl (C=O) groups is 1. The van der Waals surface area contributed by atoms with Crippen LogP contribution in [-0.4, -0.2) is 32.2 Å². The fourth-order valence-corrected chi connectivity index (χ4v) is 2.15. The van der Waals surface area contributed by atoms with Gasteiger partial charge in [-0.1, -0.05) is 33.6 Å². The molecule has 0 aliphatic heterocycles. The van der Waals surface area contributed by atoms with Crippen LogP contribution in [0.3, 0.4) is 0 Å². The van der Waals surface area contributed by atoms with Crippen LogP contribution in [0.5, 0.6) is 11.5 Å².